The number of carbonyl (C=O) groups excluding carboxylic acids is 1. The monoisotopic (exact) mass is 306 g/mol. The third-order valence-electron chi connectivity index (χ3n) is 2.62. The zero-order valence-electron chi connectivity index (χ0n) is 12.1. The van der Waals surface area contributed by atoms with Gasteiger partial charge < -0.3 is 14.8 Å². The van der Waals surface area contributed by atoms with Crippen LogP contribution in [0.3, 0.4) is 0 Å². The summed E-state index contributed by atoms with van der Waals surface area (Å²) in [7, 11) is 0. The summed E-state index contributed by atoms with van der Waals surface area (Å²) in [6.07, 6.45) is 0.976. The minimum atomic E-state index is -0.413. The molecule has 0 aliphatic carbocycles. The summed E-state index contributed by atoms with van der Waals surface area (Å²) in [5.41, 5.74) is 2.80. The Morgan fingerprint density at radius 2 is 2.05 bits per heavy atom. The lowest BCUT2D eigenvalue weighted by Gasteiger charge is -2.08. The molecule has 1 N–H and O–H groups in total. The van der Waals surface area contributed by atoms with Gasteiger partial charge in [-0.3, -0.25) is 0 Å². The molecule has 1 aromatic heterocycles. The van der Waals surface area contributed by atoms with E-state index in [1.54, 1.807) is 12.4 Å². The van der Waals surface area contributed by atoms with Crippen LogP contribution in [0.1, 0.15) is 30.8 Å². The Bertz CT molecular complexity index is 581. The third kappa shape index (κ3) is 4.19. The first-order chi connectivity index (χ1) is 10.2. The molecule has 0 fully saturated rings. The minimum Gasteiger partial charge on any atom is -0.494 e. The molecule has 6 heteroatoms. The van der Waals surface area contributed by atoms with Gasteiger partial charge in [-0.1, -0.05) is 6.92 Å². The van der Waals surface area contributed by atoms with Gasteiger partial charge in [0.05, 0.1) is 18.7 Å². The van der Waals surface area contributed by atoms with Gasteiger partial charge in [-0.05, 0) is 37.6 Å². The summed E-state index contributed by atoms with van der Waals surface area (Å²) in [6.45, 7) is 4.87. The van der Waals surface area contributed by atoms with Crippen molar-refractivity contribution in [2.24, 2.45) is 0 Å². The van der Waals surface area contributed by atoms with E-state index in [4.69, 9.17) is 9.47 Å². The van der Waals surface area contributed by atoms with Gasteiger partial charge in [0.15, 0.2) is 5.69 Å². The lowest BCUT2D eigenvalue weighted by atomic mass is 10.3. The second-order valence-corrected chi connectivity index (χ2v) is 5.10. The molecule has 2 rings (SSSR count). The van der Waals surface area contributed by atoms with Gasteiger partial charge in [0.1, 0.15) is 10.8 Å². The molecular formula is C15H18N2O3S. The van der Waals surface area contributed by atoms with Gasteiger partial charge >= 0.3 is 5.97 Å². The number of carbonyl (C=O) groups is 1. The maximum absolute atomic E-state index is 11.8. The van der Waals surface area contributed by atoms with E-state index in [0.29, 0.717) is 23.9 Å². The van der Waals surface area contributed by atoms with E-state index < -0.39 is 5.97 Å². The number of rotatable bonds is 7. The van der Waals surface area contributed by atoms with E-state index in [1.807, 2.05) is 24.3 Å². The quantitative estimate of drug-likeness (QED) is 0.787. The van der Waals surface area contributed by atoms with Gasteiger partial charge in [-0.15, -0.1) is 11.3 Å². The molecule has 0 bridgehead atoms. The molecule has 0 aliphatic heterocycles. The molecule has 0 radical (unpaired) electrons. The number of hydrogen-bond donors (Lipinski definition) is 1. The van der Waals surface area contributed by atoms with Crippen molar-refractivity contribution in [2.75, 3.05) is 18.5 Å². The van der Waals surface area contributed by atoms with E-state index in [9.17, 15) is 4.79 Å². The molecular weight excluding hydrogens is 288 g/mol. The number of ether oxygens (including phenoxy) is 2. The Morgan fingerprint density at radius 1 is 1.29 bits per heavy atom. The van der Waals surface area contributed by atoms with Gasteiger partial charge in [-0.25, -0.2) is 9.78 Å². The van der Waals surface area contributed by atoms with E-state index in [-0.39, 0.29) is 0 Å². The Hall–Kier alpha value is -2.08. The Kier molecular flexibility index (Phi) is 5.57. The smallest absolute Gasteiger partial charge is 0.360 e. The van der Waals surface area contributed by atoms with Gasteiger partial charge in [0.2, 0.25) is 0 Å². The number of hydrogen-bond acceptors (Lipinski definition) is 6. The first-order valence-electron chi connectivity index (χ1n) is 6.85. The highest BCUT2D eigenvalue weighted by molar-refractivity contribution is 7.14. The molecule has 0 saturated carbocycles. The van der Waals surface area contributed by atoms with Gasteiger partial charge in [0.25, 0.3) is 0 Å². The average molecular weight is 306 g/mol. The molecule has 21 heavy (non-hydrogen) atoms. The summed E-state index contributed by atoms with van der Waals surface area (Å²) in [5.74, 6) is 0.418. The SMILES string of the molecule is CCCOc1ccc(Nc2scnc2C(=O)OCC)cc1. The van der Waals surface area contributed by atoms with Gasteiger partial charge in [-0.2, -0.15) is 0 Å². The maximum Gasteiger partial charge on any atom is 0.360 e. The molecule has 112 valence electrons. The number of aromatic nitrogens is 1. The Morgan fingerprint density at radius 3 is 2.71 bits per heavy atom. The summed E-state index contributed by atoms with van der Waals surface area (Å²) in [6, 6.07) is 7.59. The zero-order valence-corrected chi connectivity index (χ0v) is 12.9. The molecule has 0 unspecified atom stereocenters. The van der Waals surface area contributed by atoms with E-state index in [0.717, 1.165) is 17.9 Å². The number of thiazole rings is 1. The van der Waals surface area contributed by atoms with Crippen LogP contribution >= 0.6 is 11.3 Å². The van der Waals surface area contributed by atoms with Crippen LogP contribution < -0.4 is 10.1 Å². The summed E-state index contributed by atoms with van der Waals surface area (Å²) in [5, 5.41) is 3.85. The number of anilines is 2. The molecule has 5 nitrogen and oxygen atoms in total. The molecule has 0 spiro atoms. The summed E-state index contributed by atoms with van der Waals surface area (Å²) >= 11 is 1.36. The number of benzene rings is 1. The molecule has 0 saturated heterocycles. The van der Waals surface area contributed by atoms with Crippen LogP contribution in [0.4, 0.5) is 10.7 Å². The fourth-order valence-electron chi connectivity index (χ4n) is 1.67. The highest BCUT2D eigenvalue weighted by atomic mass is 32.1. The number of esters is 1. The fourth-order valence-corrected chi connectivity index (χ4v) is 2.35. The van der Waals surface area contributed by atoms with Crippen molar-refractivity contribution < 1.29 is 14.3 Å². The van der Waals surface area contributed by atoms with E-state index >= 15 is 0 Å². The average Bonchev–Trinajstić information content (AvgIpc) is 2.95. The third-order valence-corrected chi connectivity index (χ3v) is 3.36. The van der Waals surface area contributed by atoms with Crippen molar-refractivity contribution in [3.05, 3.63) is 35.5 Å². The molecule has 0 amide bonds. The molecule has 1 aromatic carbocycles. The van der Waals surface area contributed by atoms with Crippen LogP contribution in [0.2, 0.25) is 0 Å². The second kappa shape index (κ2) is 7.64. The van der Waals surface area contributed by atoms with Crippen LogP contribution in [0.25, 0.3) is 0 Å². The predicted octanol–water partition coefficient (Wildman–Crippen LogP) is 3.85. The lowest BCUT2D eigenvalue weighted by Crippen LogP contribution is -2.07. The largest absolute Gasteiger partial charge is 0.494 e. The van der Waals surface area contributed by atoms with Crippen molar-refractivity contribution in [3.8, 4) is 5.75 Å². The minimum absolute atomic E-state index is 0.313. The first-order valence-corrected chi connectivity index (χ1v) is 7.73. The van der Waals surface area contributed by atoms with E-state index in [1.165, 1.54) is 11.3 Å². The Labute approximate surface area is 127 Å². The normalized spacial score (nSPS) is 10.2. The highest BCUT2D eigenvalue weighted by Gasteiger charge is 2.16. The standard InChI is InChI=1S/C15H18N2O3S/c1-3-9-20-12-7-5-11(6-8-12)17-14-13(16-10-21-14)15(18)19-4-2/h5-8,10,17H,3-4,9H2,1-2H3. The van der Waals surface area contributed by atoms with Crippen molar-refractivity contribution in [1.29, 1.82) is 0 Å². The van der Waals surface area contributed by atoms with Crippen molar-refractivity contribution >= 4 is 28.0 Å². The lowest BCUT2D eigenvalue weighted by molar-refractivity contribution is 0.0521. The highest BCUT2D eigenvalue weighted by Crippen LogP contribution is 2.26. The van der Waals surface area contributed by atoms with Crippen LogP contribution in [-0.2, 0) is 4.74 Å². The maximum atomic E-state index is 11.8. The second-order valence-electron chi connectivity index (χ2n) is 4.25. The summed E-state index contributed by atoms with van der Waals surface area (Å²) in [4.78, 5) is 15.8. The fraction of sp³-hybridized carbons (Fsp3) is 0.333. The van der Waals surface area contributed by atoms with Gasteiger partial charge in [0, 0.05) is 5.69 Å². The van der Waals surface area contributed by atoms with Crippen LogP contribution in [-0.4, -0.2) is 24.2 Å². The topological polar surface area (TPSA) is 60.5 Å². The van der Waals surface area contributed by atoms with E-state index in [2.05, 4.69) is 17.2 Å². The molecule has 0 atom stereocenters. The molecule has 2 aromatic rings. The molecule has 0 aliphatic rings. The number of nitrogens with zero attached hydrogens (tertiary/aromatic N) is 1. The molecule has 1 heterocycles. The van der Waals surface area contributed by atoms with Crippen molar-refractivity contribution in [1.82, 2.24) is 4.98 Å². The zero-order chi connectivity index (χ0) is 15.1. The van der Waals surface area contributed by atoms with Crippen molar-refractivity contribution in [2.45, 2.75) is 20.3 Å². The van der Waals surface area contributed by atoms with Crippen LogP contribution in [0.5, 0.6) is 5.75 Å². The summed E-state index contributed by atoms with van der Waals surface area (Å²) < 4.78 is 10.5. The Balaban J connectivity index is 2.05. The predicted molar refractivity (Wildman–Crippen MR) is 83.6 cm³/mol. The van der Waals surface area contributed by atoms with Crippen LogP contribution in [0, 0.1) is 0 Å². The van der Waals surface area contributed by atoms with Crippen molar-refractivity contribution in [3.63, 3.8) is 0 Å². The van der Waals surface area contributed by atoms with Crippen LogP contribution in [0.15, 0.2) is 29.8 Å². The first kappa shape index (κ1) is 15.3. The number of nitrogens with one attached hydrogen (secondary N) is 1.